The molecule has 2 aromatic carbocycles. The average molecular weight is 447 g/mol. The van der Waals surface area contributed by atoms with E-state index in [0.717, 1.165) is 0 Å². The van der Waals surface area contributed by atoms with Crippen molar-refractivity contribution in [2.45, 2.75) is 0 Å². The summed E-state index contributed by atoms with van der Waals surface area (Å²) in [7, 11) is 1.60. The van der Waals surface area contributed by atoms with Crippen molar-refractivity contribution >= 4 is 46.0 Å². The maximum Gasteiger partial charge on any atom is 0.225 e. The Hall–Kier alpha value is -2.94. The summed E-state index contributed by atoms with van der Waals surface area (Å²) in [6.45, 7) is 0.960. The zero-order chi connectivity index (χ0) is 21.3. The van der Waals surface area contributed by atoms with Crippen molar-refractivity contribution in [3.05, 3.63) is 58.3 Å². The SMILES string of the molecule is COCCNc1nc(-c2ccc(F)c(Cl)c2)c2c(N)n(-c3ccccc3Cl)nc2n1. The van der Waals surface area contributed by atoms with Crippen LogP contribution in [0.5, 0.6) is 0 Å². The maximum atomic E-state index is 13.7. The highest BCUT2D eigenvalue weighted by Crippen LogP contribution is 2.35. The summed E-state index contributed by atoms with van der Waals surface area (Å²) < 4.78 is 20.3. The van der Waals surface area contributed by atoms with Gasteiger partial charge in [-0.15, -0.1) is 5.10 Å². The first-order chi connectivity index (χ1) is 14.5. The minimum absolute atomic E-state index is 0.0229. The van der Waals surface area contributed by atoms with Crippen LogP contribution in [0.4, 0.5) is 16.2 Å². The standard InChI is InChI=1S/C20H17Cl2FN6O/c1-30-9-8-25-20-26-17(11-6-7-14(23)13(22)10-11)16-18(24)29(28-19(16)27-20)15-5-3-2-4-12(15)21/h2-7,10H,8-9,24H2,1H3,(H,25,27,28). The second kappa shape index (κ2) is 8.43. The van der Waals surface area contributed by atoms with Crippen molar-refractivity contribution in [1.29, 1.82) is 0 Å². The molecule has 2 aromatic heterocycles. The zero-order valence-electron chi connectivity index (χ0n) is 15.9. The van der Waals surface area contributed by atoms with Gasteiger partial charge in [0, 0.05) is 19.2 Å². The number of benzene rings is 2. The van der Waals surface area contributed by atoms with Crippen LogP contribution in [0.15, 0.2) is 42.5 Å². The zero-order valence-corrected chi connectivity index (χ0v) is 17.4. The second-order valence-corrected chi connectivity index (χ2v) is 7.21. The van der Waals surface area contributed by atoms with E-state index in [4.69, 9.17) is 33.7 Å². The number of ether oxygens (including phenoxy) is 1. The minimum Gasteiger partial charge on any atom is -0.383 e. The van der Waals surface area contributed by atoms with E-state index in [1.165, 1.54) is 16.8 Å². The lowest BCUT2D eigenvalue weighted by Gasteiger charge is -2.09. The predicted molar refractivity (Wildman–Crippen MR) is 117 cm³/mol. The first-order valence-electron chi connectivity index (χ1n) is 8.99. The molecule has 4 aromatic rings. The fraction of sp³-hybridized carbons (Fsp3) is 0.150. The van der Waals surface area contributed by atoms with Gasteiger partial charge in [0.05, 0.1) is 33.4 Å². The van der Waals surface area contributed by atoms with Crippen molar-refractivity contribution in [2.75, 3.05) is 31.3 Å². The Kier molecular flexibility index (Phi) is 5.72. The Morgan fingerprint density at radius 1 is 1.13 bits per heavy atom. The van der Waals surface area contributed by atoms with E-state index in [2.05, 4.69) is 20.4 Å². The summed E-state index contributed by atoms with van der Waals surface area (Å²) in [6, 6.07) is 11.5. The molecule has 0 saturated carbocycles. The van der Waals surface area contributed by atoms with E-state index in [1.54, 1.807) is 25.3 Å². The number of para-hydroxylation sites is 1. The molecule has 0 atom stereocenters. The van der Waals surface area contributed by atoms with Crippen LogP contribution < -0.4 is 11.1 Å². The molecule has 2 heterocycles. The van der Waals surface area contributed by atoms with Crippen molar-refractivity contribution in [3.8, 4) is 16.9 Å². The smallest absolute Gasteiger partial charge is 0.225 e. The summed E-state index contributed by atoms with van der Waals surface area (Å²) in [5.41, 5.74) is 8.44. The van der Waals surface area contributed by atoms with Gasteiger partial charge in [-0.25, -0.2) is 14.1 Å². The van der Waals surface area contributed by atoms with Crippen LogP contribution in [-0.4, -0.2) is 40.0 Å². The number of rotatable bonds is 6. The molecule has 0 fully saturated rings. The van der Waals surface area contributed by atoms with Crippen LogP contribution in [0.2, 0.25) is 10.0 Å². The third-order valence-corrected chi connectivity index (χ3v) is 5.04. The Labute approximate surface area is 181 Å². The molecule has 3 N–H and O–H groups in total. The van der Waals surface area contributed by atoms with Gasteiger partial charge >= 0.3 is 0 Å². The van der Waals surface area contributed by atoms with Crippen LogP contribution in [0, 0.1) is 5.82 Å². The summed E-state index contributed by atoms with van der Waals surface area (Å²) in [4.78, 5) is 9.05. The summed E-state index contributed by atoms with van der Waals surface area (Å²) in [5, 5.41) is 8.59. The number of nitrogens with two attached hydrogens (primary N) is 1. The first-order valence-corrected chi connectivity index (χ1v) is 9.74. The molecular weight excluding hydrogens is 430 g/mol. The molecule has 0 aliphatic rings. The number of nitrogen functional groups attached to an aromatic ring is 1. The van der Waals surface area contributed by atoms with Gasteiger partial charge in [0.1, 0.15) is 11.6 Å². The summed E-state index contributed by atoms with van der Waals surface area (Å²) >= 11 is 12.3. The van der Waals surface area contributed by atoms with E-state index >= 15 is 0 Å². The number of nitrogens with zero attached hydrogens (tertiary/aromatic N) is 4. The lowest BCUT2D eigenvalue weighted by atomic mass is 10.1. The van der Waals surface area contributed by atoms with Crippen LogP contribution in [-0.2, 0) is 4.74 Å². The van der Waals surface area contributed by atoms with Gasteiger partial charge in [-0.3, -0.25) is 0 Å². The predicted octanol–water partition coefficient (Wildman–Crippen LogP) is 4.57. The third kappa shape index (κ3) is 3.77. The molecule has 30 heavy (non-hydrogen) atoms. The lowest BCUT2D eigenvalue weighted by molar-refractivity contribution is 0.210. The number of hydrogen-bond acceptors (Lipinski definition) is 6. The monoisotopic (exact) mass is 446 g/mol. The molecule has 0 aliphatic carbocycles. The quantitative estimate of drug-likeness (QED) is 0.421. The molecule has 0 spiro atoms. The molecule has 0 amide bonds. The lowest BCUT2D eigenvalue weighted by Crippen LogP contribution is -2.10. The molecule has 7 nitrogen and oxygen atoms in total. The fourth-order valence-corrected chi connectivity index (χ4v) is 3.41. The summed E-state index contributed by atoms with van der Waals surface area (Å²) in [5.74, 6) is 0.111. The molecule has 0 unspecified atom stereocenters. The fourth-order valence-electron chi connectivity index (χ4n) is 3.02. The minimum atomic E-state index is -0.524. The molecule has 0 bridgehead atoms. The van der Waals surface area contributed by atoms with Crippen molar-refractivity contribution in [2.24, 2.45) is 0 Å². The number of nitrogens with one attached hydrogen (secondary N) is 1. The Morgan fingerprint density at radius 3 is 2.67 bits per heavy atom. The largest absolute Gasteiger partial charge is 0.383 e. The second-order valence-electron chi connectivity index (χ2n) is 6.39. The van der Waals surface area contributed by atoms with Crippen molar-refractivity contribution < 1.29 is 9.13 Å². The van der Waals surface area contributed by atoms with Crippen LogP contribution in [0.1, 0.15) is 0 Å². The Balaban J connectivity index is 1.95. The molecule has 0 saturated heterocycles. The van der Waals surface area contributed by atoms with Gasteiger partial charge in [-0.05, 0) is 30.3 Å². The normalized spacial score (nSPS) is 11.2. The van der Waals surface area contributed by atoms with Crippen molar-refractivity contribution in [1.82, 2.24) is 19.7 Å². The number of aromatic nitrogens is 4. The van der Waals surface area contributed by atoms with E-state index < -0.39 is 5.82 Å². The highest BCUT2D eigenvalue weighted by Gasteiger charge is 2.20. The van der Waals surface area contributed by atoms with Gasteiger partial charge < -0.3 is 15.8 Å². The van der Waals surface area contributed by atoms with Crippen LogP contribution >= 0.6 is 23.2 Å². The average Bonchev–Trinajstić information content (AvgIpc) is 3.06. The topological polar surface area (TPSA) is 90.9 Å². The van der Waals surface area contributed by atoms with Crippen LogP contribution in [0.3, 0.4) is 0 Å². The number of hydrogen-bond donors (Lipinski definition) is 2. The van der Waals surface area contributed by atoms with E-state index in [-0.39, 0.29) is 5.02 Å². The molecule has 0 aliphatic heterocycles. The number of fused-ring (bicyclic) bond motifs is 1. The highest BCUT2D eigenvalue weighted by atomic mass is 35.5. The first kappa shape index (κ1) is 20.3. The van der Waals surface area contributed by atoms with E-state index in [9.17, 15) is 4.39 Å². The van der Waals surface area contributed by atoms with Gasteiger partial charge in [0.25, 0.3) is 0 Å². The molecule has 154 valence electrons. The third-order valence-electron chi connectivity index (χ3n) is 4.43. The highest BCUT2D eigenvalue weighted by molar-refractivity contribution is 6.32. The van der Waals surface area contributed by atoms with Gasteiger partial charge in [0.15, 0.2) is 5.65 Å². The van der Waals surface area contributed by atoms with Crippen LogP contribution in [0.25, 0.3) is 28.0 Å². The molecule has 10 heteroatoms. The molecule has 4 rings (SSSR count). The Morgan fingerprint density at radius 2 is 1.93 bits per heavy atom. The molecule has 0 radical (unpaired) electrons. The van der Waals surface area contributed by atoms with E-state index in [0.29, 0.717) is 57.9 Å². The summed E-state index contributed by atoms with van der Waals surface area (Å²) in [6.07, 6.45) is 0. The van der Waals surface area contributed by atoms with Gasteiger partial charge in [-0.2, -0.15) is 4.98 Å². The number of halogens is 3. The molecular formula is C20H17Cl2FN6O. The number of anilines is 2. The van der Waals surface area contributed by atoms with Gasteiger partial charge in [0.2, 0.25) is 5.95 Å². The number of methoxy groups -OCH3 is 1. The van der Waals surface area contributed by atoms with E-state index in [1.807, 2.05) is 12.1 Å². The van der Waals surface area contributed by atoms with Gasteiger partial charge in [-0.1, -0.05) is 35.3 Å². The van der Waals surface area contributed by atoms with Crippen molar-refractivity contribution in [3.63, 3.8) is 0 Å². The Bertz CT molecular complexity index is 1230. The maximum absolute atomic E-state index is 13.7.